The third kappa shape index (κ3) is 5.95. The molecule has 0 radical (unpaired) electrons. The highest BCUT2D eigenvalue weighted by Gasteiger charge is 2.14. The Morgan fingerprint density at radius 1 is 0.326 bits per heavy atom. The third-order valence-corrected chi connectivity index (χ3v) is 7.44. The lowest BCUT2D eigenvalue weighted by Crippen LogP contribution is -2.09. The van der Waals surface area contributed by atoms with Gasteiger partial charge in [0.15, 0.2) is 0 Å². The molecule has 6 rings (SSSR count). The van der Waals surface area contributed by atoms with E-state index in [1.807, 2.05) is 54.6 Å². The molecule has 0 unspecified atom stereocenters. The van der Waals surface area contributed by atoms with Crippen LogP contribution in [0.25, 0.3) is 33.4 Å². The minimum absolute atomic E-state index is 0.640. The number of carbonyl (C=O) groups is 3. The van der Waals surface area contributed by atoms with E-state index >= 15 is 0 Å². The standard InChI is InChI=1S/C39H27NO3/c41-25-28-4-1-7-34(22-28)31-10-16-37(17-11-31)40(38-18-12-32(13-19-38)35-8-2-5-29(23-35)26-42)39-20-14-33(15-21-39)36-9-3-6-30(24-36)27-43/h1-27H. The maximum absolute atomic E-state index is 11.3. The Morgan fingerprint density at radius 3 is 0.860 bits per heavy atom. The van der Waals surface area contributed by atoms with Crippen LogP contribution in [-0.4, -0.2) is 18.9 Å². The molecule has 0 fully saturated rings. The first-order valence-electron chi connectivity index (χ1n) is 13.9. The minimum Gasteiger partial charge on any atom is -0.311 e. The second kappa shape index (κ2) is 12.3. The summed E-state index contributed by atoms with van der Waals surface area (Å²) in [6.45, 7) is 0. The predicted octanol–water partition coefficient (Wildman–Crippen LogP) is 9.59. The number of hydrogen-bond donors (Lipinski definition) is 0. The summed E-state index contributed by atoms with van der Waals surface area (Å²) < 4.78 is 0. The normalized spacial score (nSPS) is 10.6. The van der Waals surface area contributed by atoms with Gasteiger partial charge in [0.25, 0.3) is 0 Å². The monoisotopic (exact) mass is 557 g/mol. The molecule has 6 aromatic rings. The molecule has 0 saturated heterocycles. The number of aldehydes is 3. The van der Waals surface area contributed by atoms with Gasteiger partial charge in [0.05, 0.1) is 0 Å². The van der Waals surface area contributed by atoms with Crippen molar-refractivity contribution in [2.24, 2.45) is 0 Å². The van der Waals surface area contributed by atoms with Crippen LogP contribution in [0.1, 0.15) is 31.1 Å². The summed E-state index contributed by atoms with van der Waals surface area (Å²) in [4.78, 5) is 36.1. The topological polar surface area (TPSA) is 54.5 Å². The molecular weight excluding hydrogens is 530 g/mol. The van der Waals surface area contributed by atoms with Crippen LogP contribution in [0.2, 0.25) is 0 Å². The number of anilines is 3. The highest BCUT2D eigenvalue weighted by atomic mass is 16.1. The van der Waals surface area contributed by atoms with Crippen molar-refractivity contribution in [3.05, 3.63) is 162 Å². The molecule has 206 valence electrons. The fourth-order valence-corrected chi connectivity index (χ4v) is 5.23. The largest absolute Gasteiger partial charge is 0.311 e. The lowest BCUT2D eigenvalue weighted by atomic mass is 10.0. The highest BCUT2D eigenvalue weighted by Crippen LogP contribution is 2.37. The second-order valence-corrected chi connectivity index (χ2v) is 10.2. The number of rotatable bonds is 9. The Morgan fingerprint density at radius 2 is 0.605 bits per heavy atom. The van der Waals surface area contributed by atoms with E-state index in [1.165, 1.54) is 0 Å². The van der Waals surface area contributed by atoms with Gasteiger partial charge in [0.1, 0.15) is 18.9 Å². The smallest absolute Gasteiger partial charge is 0.150 e. The first kappa shape index (κ1) is 27.3. The average molecular weight is 558 g/mol. The lowest BCUT2D eigenvalue weighted by molar-refractivity contribution is 0.111. The maximum atomic E-state index is 11.3. The molecule has 0 heterocycles. The number of hydrogen-bond acceptors (Lipinski definition) is 4. The summed E-state index contributed by atoms with van der Waals surface area (Å²) in [5, 5.41) is 0. The lowest BCUT2D eigenvalue weighted by Gasteiger charge is -2.26. The van der Waals surface area contributed by atoms with Crippen molar-refractivity contribution in [1.82, 2.24) is 0 Å². The Hall–Kier alpha value is -5.87. The SMILES string of the molecule is O=Cc1cccc(-c2ccc(N(c3ccc(-c4cccc(C=O)c4)cc3)c3ccc(-c4cccc(C=O)c4)cc3)cc2)c1. The zero-order valence-electron chi connectivity index (χ0n) is 23.3. The molecular formula is C39H27NO3. The molecule has 0 spiro atoms. The van der Waals surface area contributed by atoms with E-state index in [-0.39, 0.29) is 0 Å². The second-order valence-electron chi connectivity index (χ2n) is 10.2. The van der Waals surface area contributed by atoms with Gasteiger partial charge in [-0.25, -0.2) is 0 Å². The van der Waals surface area contributed by atoms with Crippen molar-refractivity contribution < 1.29 is 14.4 Å². The number of benzene rings is 6. The van der Waals surface area contributed by atoms with Crippen LogP contribution in [0, 0.1) is 0 Å². The summed E-state index contributed by atoms with van der Waals surface area (Å²) in [7, 11) is 0. The van der Waals surface area contributed by atoms with E-state index in [9.17, 15) is 14.4 Å². The van der Waals surface area contributed by atoms with Gasteiger partial charge >= 0.3 is 0 Å². The summed E-state index contributed by atoms with van der Waals surface area (Å²) in [5.74, 6) is 0. The molecule has 0 aliphatic rings. The van der Waals surface area contributed by atoms with Crippen LogP contribution < -0.4 is 4.90 Å². The summed E-state index contributed by atoms with van der Waals surface area (Å²) in [5.41, 5.74) is 10.8. The van der Waals surface area contributed by atoms with E-state index < -0.39 is 0 Å². The first-order chi connectivity index (χ1) is 21.1. The number of nitrogens with zero attached hydrogens (tertiary/aromatic N) is 1. The highest BCUT2D eigenvalue weighted by molar-refractivity contribution is 5.84. The summed E-state index contributed by atoms with van der Waals surface area (Å²) >= 11 is 0. The number of carbonyl (C=O) groups excluding carboxylic acids is 3. The Kier molecular flexibility index (Phi) is 7.83. The third-order valence-electron chi connectivity index (χ3n) is 7.44. The Bertz CT molecular complexity index is 1680. The van der Waals surface area contributed by atoms with Crippen LogP contribution in [0.5, 0.6) is 0 Å². The van der Waals surface area contributed by atoms with Gasteiger partial charge in [0, 0.05) is 33.8 Å². The van der Waals surface area contributed by atoms with E-state index in [4.69, 9.17) is 0 Å². The van der Waals surface area contributed by atoms with Crippen molar-refractivity contribution in [2.75, 3.05) is 4.90 Å². The van der Waals surface area contributed by atoms with Crippen LogP contribution in [0.15, 0.2) is 146 Å². The van der Waals surface area contributed by atoms with Crippen LogP contribution in [0.4, 0.5) is 17.1 Å². The molecule has 0 N–H and O–H groups in total. The molecule has 0 bridgehead atoms. The molecule has 0 aromatic heterocycles. The fourth-order valence-electron chi connectivity index (χ4n) is 5.23. The van der Waals surface area contributed by atoms with Gasteiger partial charge in [-0.15, -0.1) is 0 Å². The van der Waals surface area contributed by atoms with Gasteiger partial charge in [-0.2, -0.15) is 0 Å². The van der Waals surface area contributed by atoms with E-state index in [0.717, 1.165) is 69.3 Å². The van der Waals surface area contributed by atoms with Gasteiger partial charge < -0.3 is 4.90 Å². The quantitative estimate of drug-likeness (QED) is 0.166. The molecule has 0 amide bonds. The van der Waals surface area contributed by atoms with E-state index in [2.05, 4.69) is 77.7 Å². The van der Waals surface area contributed by atoms with Crippen LogP contribution >= 0.6 is 0 Å². The van der Waals surface area contributed by atoms with Crippen molar-refractivity contribution in [2.45, 2.75) is 0 Å². The van der Waals surface area contributed by atoms with Gasteiger partial charge in [-0.1, -0.05) is 91.0 Å². The van der Waals surface area contributed by atoms with Crippen LogP contribution in [0.3, 0.4) is 0 Å². The Labute approximate surface area is 250 Å². The van der Waals surface area contributed by atoms with E-state index in [0.29, 0.717) is 16.7 Å². The average Bonchev–Trinajstić information content (AvgIpc) is 3.09. The van der Waals surface area contributed by atoms with Crippen LogP contribution in [-0.2, 0) is 0 Å². The van der Waals surface area contributed by atoms with Gasteiger partial charge in [-0.05, 0) is 88.0 Å². The van der Waals surface area contributed by atoms with Crippen molar-refractivity contribution >= 4 is 35.9 Å². The molecule has 0 aliphatic carbocycles. The molecule has 6 aromatic carbocycles. The zero-order valence-corrected chi connectivity index (χ0v) is 23.3. The van der Waals surface area contributed by atoms with E-state index in [1.54, 1.807) is 18.2 Å². The molecule has 0 aliphatic heterocycles. The zero-order chi connectivity index (χ0) is 29.6. The predicted molar refractivity (Wildman–Crippen MR) is 174 cm³/mol. The summed E-state index contributed by atoms with van der Waals surface area (Å²) in [6.07, 6.45) is 2.58. The molecule has 4 heteroatoms. The fraction of sp³-hybridized carbons (Fsp3) is 0. The van der Waals surface area contributed by atoms with Crippen molar-refractivity contribution in [3.63, 3.8) is 0 Å². The maximum Gasteiger partial charge on any atom is 0.150 e. The first-order valence-corrected chi connectivity index (χ1v) is 13.9. The molecule has 0 atom stereocenters. The van der Waals surface area contributed by atoms with Gasteiger partial charge in [-0.3, -0.25) is 14.4 Å². The Balaban J connectivity index is 1.38. The minimum atomic E-state index is 0.640. The van der Waals surface area contributed by atoms with Crippen molar-refractivity contribution in [3.8, 4) is 33.4 Å². The molecule has 43 heavy (non-hydrogen) atoms. The van der Waals surface area contributed by atoms with Gasteiger partial charge in [0.2, 0.25) is 0 Å². The molecule has 0 saturated carbocycles. The summed E-state index contributed by atoms with van der Waals surface area (Å²) in [6, 6.07) is 47.5. The van der Waals surface area contributed by atoms with Crippen molar-refractivity contribution in [1.29, 1.82) is 0 Å². The molecule has 4 nitrogen and oxygen atoms in total.